The molecule has 2 aliphatic heterocycles. The molecule has 2 fully saturated rings. The standard InChI is InChI=1S/C36H84Si8/c1-29(2,3)39(25,30(4,5)6)37-43(41(27,33(13,14)15)34(16,17)18)38(40(26,31(7,8)9)32(10,11)12)44(37,43)42(28,35(19,20)21)36(22,23)24/h1-28H3/q-2. The lowest BCUT2D eigenvalue weighted by Gasteiger charge is -2.79. The third-order valence-electron chi connectivity index (χ3n) is 16.4. The molecule has 0 spiro atoms. The molecule has 0 aromatic carbocycles. The minimum absolute atomic E-state index is 0.407. The Morgan fingerprint density at radius 2 is 0.409 bits per heavy atom. The van der Waals surface area contributed by atoms with Crippen LogP contribution < -0.4 is 0 Å². The van der Waals surface area contributed by atoms with Crippen LogP contribution in [-0.2, 0) is 0 Å². The van der Waals surface area contributed by atoms with Crippen LogP contribution in [0.1, 0.15) is 166 Å². The lowest BCUT2D eigenvalue weighted by Crippen LogP contribution is -2.82. The van der Waals surface area contributed by atoms with Gasteiger partial charge in [-0.25, -0.2) is 0 Å². The fourth-order valence-electron chi connectivity index (χ4n) is 12.5. The first-order valence-corrected chi connectivity index (χ1v) is 44.2. The van der Waals surface area contributed by atoms with E-state index in [4.69, 9.17) is 0 Å². The highest BCUT2D eigenvalue weighted by Crippen LogP contribution is 2.86. The first-order valence-electron chi connectivity index (χ1n) is 18.2. The summed E-state index contributed by atoms with van der Waals surface area (Å²) >= 11 is 0. The van der Waals surface area contributed by atoms with Gasteiger partial charge in [0.2, 0.25) is 0 Å². The van der Waals surface area contributed by atoms with Crippen molar-refractivity contribution in [3.05, 3.63) is 0 Å². The molecule has 0 atom stereocenters. The van der Waals surface area contributed by atoms with Gasteiger partial charge in [0.05, 0.1) is 0 Å². The number of fused-ring (bicyclic) bond motifs is 1. The third kappa shape index (κ3) is 4.53. The average molecular weight is 742 g/mol. The van der Waals surface area contributed by atoms with Gasteiger partial charge in [0.1, 0.15) is 0 Å². The van der Waals surface area contributed by atoms with E-state index in [2.05, 4.69) is 192 Å². The van der Waals surface area contributed by atoms with Gasteiger partial charge in [-0.05, 0) is 35.3 Å². The van der Waals surface area contributed by atoms with Crippen molar-refractivity contribution in [2.75, 3.05) is 0 Å². The van der Waals surface area contributed by atoms with Crippen LogP contribution in [0.2, 0.25) is 66.5 Å². The molecule has 262 valence electrons. The van der Waals surface area contributed by atoms with E-state index < -0.39 is 57.4 Å². The summed E-state index contributed by atoms with van der Waals surface area (Å²) in [4.78, 5) is 0. The molecule has 0 saturated carbocycles. The summed E-state index contributed by atoms with van der Waals surface area (Å²) in [7, 11) is -7.78. The molecule has 2 heterocycles. The zero-order valence-corrected chi connectivity index (χ0v) is 44.0. The maximum absolute atomic E-state index is 3.14. The van der Waals surface area contributed by atoms with Crippen molar-refractivity contribution in [2.45, 2.75) is 233 Å². The summed E-state index contributed by atoms with van der Waals surface area (Å²) in [6.07, 6.45) is -3.15. The Balaban J connectivity index is 3.59. The second-order valence-electron chi connectivity index (χ2n) is 24.8. The lowest BCUT2D eigenvalue weighted by molar-refractivity contribution is 0.632. The fourth-order valence-corrected chi connectivity index (χ4v) is 611. The summed E-state index contributed by atoms with van der Waals surface area (Å²) in [6.45, 7) is 79.2. The molecule has 44 heavy (non-hydrogen) atoms. The summed E-state index contributed by atoms with van der Waals surface area (Å²) in [5.41, 5.74) is 0. The van der Waals surface area contributed by atoms with Gasteiger partial charge in [0, 0.05) is 0 Å². The Morgan fingerprint density at radius 1 is 0.273 bits per heavy atom. The molecule has 2 rings (SSSR count). The summed E-state index contributed by atoms with van der Waals surface area (Å²) in [6, 6.07) is 0. The highest BCUT2D eigenvalue weighted by Gasteiger charge is 2.90. The van der Waals surface area contributed by atoms with Gasteiger partial charge in [0.15, 0.2) is 0 Å². The molecule has 0 bridgehead atoms. The minimum Gasteiger partial charge on any atom is -0.335 e. The molecule has 8 heteroatoms. The monoisotopic (exact) mass is 740 g/mol. The normalized spacial score (nSPS) is 26.2. The first-order chi connectivity index (χ1) is 18.5. The van der Waals surface area contributed by atoms with Gasteiger partial charge < -0.3 is 27.0 Å². The van der Waals surface area contributed by atoms with E-state index >= 15 is 0 Å². The lowest BCUT2D eigenvalue weighted by atomic mass is 10.2. The molecular weight excluding hydrogens is 657 g/mol. The van der Waals surface area contributed by atoms with E-state index in [1.54, 1.807) is 0 Å². The molecule has 0 aliphatic carbocycles. The molecule has 0 N–H and O–H groups in total. The zero-order chi connectivity index (χ0) is 36.2. The van der Waals surface area contributed by atoms with E-state index in [0.717, 1.165) is 0 Å². The van der Waals surface area contributed by atoms with Gasteiger partial charge in [-0.15, -0.1) is 0 Å². The first kappa shape index (κ1) is 41.9. The average Bonchev–Trinajstić information content (AvgIpc) is 3.51. The van der Waals surface area contributed by atoms with Crippen molar-refractivity contribution in [3.63, 3.8) is 0 Å². The second-order valence-corrected chi connectivity index (χ2v) is 116. The fraction of sp³-hybridized carbons (Fsp3) is 1.00. The predicted molar refractivity (Wildman–Crippen MR) is 227 cm³/mol. The van der Waals surface area contributed by atoms with Gasteiger partial charge in [-0.1, -0.05) is 228 Å². The SMILES string of the molecule is CC(C)(C)[Si](C)([Si-]1[Si]2([Si](C)(C(C)(C)C)C(C)(C)C)[Si-]([Si](C)(C(C)(C)C)C(C)(C)C)[Si]12[Si](C)(C(C)(C)C)C(C)(C)C)C(C)(C)C. The molecule has 0 radical (unpaired) electrons. The second kappa shape index (κ2) is 10.2. The Labute approximate surface area is 288 Å². The number of hydrogen-bond donors (Lipinski definition) is 0. The number of hydrogen-bond acceptors (Lipinski definition) is 0. The van der Waals surface area contributed by atoms with E-state index in [1.165, 1.54) is 0 Å². The molecule has 0 aromatic rings. The highest BCUT2D eigenvalue weighted by molar-refractivity contribution is 8.73. The molecular formula is C36H84Si8-2. The molecule has 0 amide bonds. The highest BCUT2D eigenvalue weighted by atomic mass is 31.0. The van der Waals surface area contributed by atoms with Crippen molar-refractivity contribution >= 4 is 57.4 Å². The van der Waals surface area contributed by atoms with Crippen LogP contribution in [0, 0.1) is 0 Å². The largest absolute Gasteiger partial charge is 0.335 e. The van der Waals surface area contributed by atoms with E-state index in [-0.39, 0.29) is 0 Å². The molecule has 2 saturated heterocycles. The quantitative estimate of drug-likeness (QED) is 0.252. The Kier molecular flexibility index (Phi) is 9.68. The Morgan fingerprint density at radius 3 is 0.500 bits per heavy atom. The van der Waals surface area contributed by atoms with Gasteiger partial charge in [-0.2, -0.15) is 0 Å². The van der Waals surface area contributed by atoms with Crippen molar-refractivity contribution in [2.24, 2.45) is 0 Å². The van der Waals surface area contributed by atoms with Crippen molar-refractivity contribution in [1.82, 2.24) is 0 Å². The van der Waals surface area contributed by atoms with Crippen molar-refractivity contribution in [1.29, 1.82) is 0 Å². The van der Waals surface area contributed by atoms with E-state index in [1.807, 2.05) is 0 Å². The Bertz CT molecular complexity index is 957. The maximum Gasteiger partial charge on any atom is -0.0158 e. The van der Waals surface area contributed by atoms with Crippen LogP contribution >= 0.6 is 0 Å². The smallest absolute Gasteiger partial charge is 0.0158 e. The molecule has 0 nitrogen and oxygen atoms in total. The van der Waals surface area contributed by atoms with Crippen LogP contribution in [0.5, 0.6) is 0 Å². The predicted octanol–water partition coefficient (Wildman–Crippen LogP) is 13.3. The van der Waals surface area contributed by atoms with Gasteiger partial charge in [0.25, 0.3) is 0 Å². The van der Waals surface area contributed by atoms with Crippen molar-refractivity contribution in [3.8, 4) is 0 Å². The van der Waals surface area contributed by atoms with Crippen LogP contribution in [-0.4, -0.2) is 57.4 Å². The summed E-state index contributed by atoms with van der Waals surface area (Å²) < 4.78 is 0. The van der Waals surface area contributed by atoms with Crippen LogP contribution in [0.15, 0.2) is 0 Å². The van der Waals surface area contributed by atoms with Crippen molar-refractivity contribution < 1.29 is 0 Å². The third-order valence-corrected chi connectivity index (χ3v) is 265. The van der Waals surface area contributed by atoms with Crippen LogP contribution in [0.4, 0.5) is 0 Å². The maximum atomic E-state index is 3.14. The van der Waals surface area contributed by atoms with E-state index in [0.29, 0.717) is 40.3 Å². The van der Waals surface area contributed by atoms with Crippen LogP contribution in [0.3, 0.4) is 0 Å². The number of rotatable bonds is 4. The minimum atomic E-state index is -1.77. The van der Waals surface area contributed by atoms with Gasteiger partial charge in [-0.3, -0.25) is 0 Å². The van der Waals surface area contributed by atoms with Crippen LogP contribution in [0.25, 0.3) is 0 Å². The van der Waals surface area contributed by atoms with Gasteiger partial charge >= 0.3 is 0 Å². The van der Waals surface area contributed by atoms with E-state index in [9.17, 15) is 0 Å². The molecule has 0 aromatic heterocycles. The topological polar surface area (TPSA) is 0 Å². The zero-order valence-electron chi connectivity index (χ0n) is 36.0. The summed E-state index contributed by atoms with van der Waals surface area (Å²) in [5.74, 6) is 0. The Hall–Kier alpha value is 1.74. The molecule has 2 aliphatic rings. The molecule has 0 unspecified atom stereocenters. The summed E-state index contributed by atoms with van der Waals surface area (Å²) in [5, 5.41) is 3.75.